The van der Waals surface area contributed by atoms with Gasteiger partial charge in [-0.25, -0.2) is 8.42 Å². The number of hydrogen-bond acceptors (Lipinski definition) is 4. The third kappa shape index (κ3) is 5.69. The Kier molecular flexibility index (Phi) is 6.86. The summed E-state index contributed by atoms with van der Waals surface area (Å²) in [6.45, 7) is 2.27. The highest BCUT2D eigenvalue weighted by Gasteiger charge is 2.28. The van der Waals surface area contributed by atoms with Gasteiger partial charge in [-0.3, -0.25) is 9.52 Å². The molecule has 2 aromatic rings. The Morgan fingerprint density at radius 2 is 1.89 bits per heavy atom. The van der Waals surface area contributed by atoms with Crippen LogP contribution in [0.1, 0.15) is 28.8 Å². The van der Waals surface area contributed by atoms with Gasteiger partial charge in [-0.1, -0.05) is 18.2 Å². The van der Waals surface area contributed by atoms with E-state index in [0.717, 1.165) is 18.4 Å². The van der Waals surface area contributed by atoms with Gasteiger partial charge in [0.25, 0.3) is 15.9 Å². The zero-order valence-electron chi connectivity index (χ0n) is 15.0. The van der Waals surface area contributed by atoms with Crippen molar-refractivity contribution >= 4 is 34.0 Å². The number of aryl methyl sites for hydroxylation is 1. The Hall–Kier alpha value is -2.09. The van der Waals surface area contributed by atoms with E-state index in [1.807, 2.05) is 13.0 Å². The van der Waals surface area contributed by atoms with E-state index in [0.29, 0.717) is 23.7 Å². The molecule has 1 fully saturated rings. The van der Waals surface area contributed by atoms with Crippen LogP contribution in [-0.4, -0.2) is 26.9 Å². The van der Waals surface area contributed by atoms with Gasteiger partial charge in [-0.2, -0.15) is 0 Å². The molecule has 2 aromatic carbocycles. The Morgan fingerprint density at radius 1 is 1.19 bits per heavy atom. The number of amides is 1. The lowest BCUT2D eigenvalue weighted by atomic mass is 10.2. The summed E-state index contributed by atoms with van der Waals surface area (Å²) < 4.78 is 27.7. The van der Waals surface area contributed by atoms with Crippen LogP contribution in [0, 0.1) is 12.8 Å². The molecule has 4 N–H and O–H groups in total. The number of nitrogens with one attached hydrogen (secondary N) is 2. The Morgan fingerprint density at radius 3 is 2.56 bits per heavy atom. The van der Waals surface area contributed by atoms with Crippen LogP contribution in [0.4, 0.5) is 5.69 Å². The van der Waals surface area contributed by atoms with Crippen LogP contribution in [-0.2, 0) is 10.0 Å². The monoisotopic (exact) mass is 409 g/mol. The minimum atomic E-state index is -3.78. The van der Waals surface area contributed by atoms with Gasteiger partial charge in [-0.15, -0.1) is 12.4 Å². The molecular weight excluding hydrogens is 386 g/mol. The van der Waals surface area contributed by atoms with E-state index in [-0.39, 0.29) is 29.3 Å². The van der Waals surface area contributed by atoms with Gasteiger partial charge in [-0.05, 0) is 61.6 Å². The van der Waals surface area contributed by atoms with E-state index in [4.69, 9.17) is 5.73 Å². The van der Waals surface area contributed by atoms with E-state index in [1.165, 1.54) is 12.1 Å². The molecule has 146 valence electrons. The minimum absolute atomic E-state index is 0. The number of halogens is 1. The Balaban J connectivity index is 0.00000261. The van der Waals surface area contributed by atoms with E-state index >= 15 is 0 Å². The molecule has 1 aliphatic carbocycles. The summed E-state index contributed by atoms with van der Waals surface area (Å²) >= 11 is 0. The maximum atomic E-state index is 12.6. The van der Waals surface area contributed by atoms with Crippen molar-refractivity contribution in [1.82, 2.24) is 5.32 Å². The molecule has 1 saturated carbocycles. The van der Waals surface area contributed by atoms with Crippen LogP contribution in [0.5, 0.6) is 0 Å². The molecule has 27 heavy (non-hydrogen) atoms. The van der Waals surface area contributed by atoms with Crippen molar-refractivity contribution in [1.29, 1.82) is 0 Å². The first-order valence-corrected chi connectivity index (χ1v) is 10.1. The van der Waals surface area contributed by atoms with Crippen molar-refractivity contribution in [2.75, 3.05) is 11.3 Å². The van der Waals surface area contributed by atoms with E-state index < -0.39 is 10.0 Å². The predicted molar refractivity (Wildman–Crippen MR) is 109 cm³/mol. The van der Waals surface area contributed by atoms with Crippen molar-refractivity contribution in [3.05, 3.63) is 59.7 Å². The summed E-state index contributed by atoms with van der Waals surface area (Å²) in [5, 5.41) is 2.78. The summed E-state index contributed by atoms with van der Waals surface area (Å²) in [6.07, 6.45) is 2.21. The number of anilines is 1. The van der Waals surface area contributed by atoms with Crippen molar-refractivity contribution < 1.29 is 13.2 Å². The molecule has 0 heterocycles. The number of carbonyl (C=O) groups excluding carboxylic acids is 1. The van der Waals surface area contributed by atoms with Crippen LogP contribution < -0.4 is 15.8 Å². The molecule has 1 atom stereocenters. The van der Waals surface area contributed by atoms with E-state index in [9.17, 15) is 13.2 Å². The van der Waals surface area contributed by atoms with Crippen molar-refractivity contribution in [3.8, 4) is 0 Å². The first kappa shape index (κ1) is 21.2. The average molecular weight is 410 g/mol. The molecular formula is C19H24ClN3O3S. The molecule has 1 unspecified atom stereocenters. The van der Waals surface area contributed by atoms with E-state index in [2.05, 4.69) is 10.0 Å². The summed E-state index contributed by atoms with van der Waals surface area (Å²) in [6, 6.07) is 13.0. The van der Waals surface area contributed by atoms with Crippen molar-refractivity contribution in [2.45, 2.75) is 30.7 Å². The zero-order chi connectivity index (χ0) is 18.7. The molecule has 0 aromatic heterocycles. The van der Waals surface area contributed by atoms with Crippen molar-refractivity contribution in [2.24, 2.45) is 11.7 Å². The van der Waals surface area contributed by atoms with Gasteiger partial charge >= 0.3 is 0 Å². The smallest absolute Gasteiger partial charge is 0.261 e. The number of nitrogens with two attached hydrogens (primary N) is 1. The predicted octanol–water partition coefficient (Wildman–Crippen LogP) is 2.68. The number of sulfonamides is 1. The summed E-state index contributed by atoms with van der Waals surface area (Å²) in [5.41, 5.74) is 7.70. The average Bonchev–Trinajstić information content (AvgIpc) is 3.44. The lowest BCUT2D eigenvalue weighted by molar-refractivity contribution is 0.0950. The van der Waals surface area contributed by atoms with Crippen LogP contribution in [0.3, 0.4) is 0 Å². The molecule has 1 aliphatic rings. The topological polar surface area (TPSA) is 101 Å². The molecule has 0 spiro atoms. The summed E-state index contributed by atoms with van der Waals surface area (Å²) in [5.74, 6) is 0.161. The van der Waals surface area contributed by atoms with Gasteiger partial charge in [0.15, 0.2) is 0 Å². The fraction of sp³-hybridized carbons (Fsp3) is 0.316. The number of carbonyl (C=O) groups is 1. The highest BCUT2D eigenvalue weighted by Crippen LogP contribution is 2.31. The largest absolute Gasteiger partial charge is 0.350 e. The fourth-order valence-corrected chi connectivity index (χ4v) is 3.83. The molecule has 8 heteroatoms. The molecule has 0 saturated heterocycles. The normalized spacial score (nSPS) is 14.7. The lowest BCUT2D eigenvalue weighted by Gasteiger charge is -2.13. The second kappa shape index (κ2) is 8.73. The van der Waals surface area contributed by atoms with Crippen LogP contribution in [0.15, 0.2) is 53.4 Å². The SMILES string of the molecule is Cc1cccc(NS(=O)(=O)c2cccc(C(=O)NCC(N)C3CC3)c2)c1.Cl. The number of hydrogen-bond donors (Lipinski definition) is 3. The highest BCUT2D eigenvalue weighted by molar-refractivity contribution is 7.92. The van der Waals surface area contributed by atoms with Crippen LogP contribution in [0.25, 0.3) is 0 Å². The molecule has 6 nitrogen and oxygen atoms in total. The van der Waals surface area contributed by atoms with Crippen LogP contribution in [0.2, 0.25) is 0 Å². The third-order valence-electron chi connectivity index (χ3n) is 4.40. The first-order valence-electron chi connectivity index (χ1n) is 8.58. The van der Waals surface area contributed by atoms with Gasteiger partial charge in [0.1, 0.15) is 0 Å². The quantitative estimate of drug-likeness (QED) is 0.654. The second-order valence-electron chi connectivity index (χ2n) is 6.71. The van der Waals surface area contributed by atoms with Crippen molar-refractivity contribution in [3.63, 3.8) is 0 Å². The second-order valence-corrected chi connectivity index (χ2v) is 8.40. The Labute approximate surface area is 166 Å². The first-order chi connectivity index (χ1) is 12.3. The maximum Gasteiger partial charge on any atom is 0.261 e. The maximum absolute atomic E-state index is 12.6. The van der Waals surface area contributed by atoms with Crippen LogP contribution >= 0.6 is 12.4 Å². The lowest BCUT2D eigenvalue weighted by Crippen LogP contribution is -2.38. The van der Waals surface area contributed by atoms with Gasteiger partial charge in [0, 0.05) is 23.8 Å². The Bertz CT molecular complexity index is 914. The van der Waals surface area contributed by atoms with Gasteiger partial charge < -0.3 is 11.1 Å². The standard InChI is InChI=1S/C19H23N3O3S.ClH/c1-13-4-2-6-16(10-13)22-26(24,25)17-7-3-5-15(11-17)19(23)21-12-18(20)14-8-9-14;/h2-7,10-11,14,18,22H,8-9,12,20H2,1H3,(H,21,23);1H. The molecule has 0 radical (unpaired) electrons. The number of benzene rings is 2. The molecule has 3 rings (SSSR count). The summed E-state index contributed by atoms with van der Waals surface area (Å²) in [7, 11) is -3.78. The highest BCUT2D eigenvalue weighted by atomic mass is 35.5. The molecule has 0 aliphatic heterocycles. The third-order valence-corrected chi connectivity index (χ3v) is 5.78. The summed E-state index contributed by atoms with van der Waals surface area (Å²) in [4.78, 5) is 12.3. The fourth-order valence-electron chi connectivity index (χ4n) is 2.73. The molecule has 1 amide bonds. The minimum Gasteiger partial charge on any atom is -0.350 e. The molecule has 0 bridgehead atoms. The number of rotatable bonds is 7. The van der Waals surface area contributed by atoms with Gasteiger partial charge in [0.2, 0.25) is 0 Å². The zero-order valence-corrected chi connectivity index (χ0v) is 16.6. The van der Waals surface area contributed by atoms with Gasteiger partial charge in [0.05, 0.1) is 4.90 Å². The van der Waals surface area contributed by atoms with E-state index in [1.54, 1.807) is 30.3 Å².